The number of benzene rings is 1. The van der Waals surface area contributed by atoms with E-state index in [2.05, 4.69) is 0 Å². The molecule has 0 spiro atoms. The highest BCUT2D eigenvalue weighted by Crippen LogP contribution is 2.25. The first-order valence-electron chi connectivity index (χ1n) is 6.47. The summed E-state index contributed by atoms with van der Waals surface area (Å²) in [6.45, 7) is 2.73. The van der Waals surface area contributed by atoms with Crippen LogP contribution in [-0.4, -0.2) is 41.5 Å². The molecule has 1 fully saturated rings. The molecule has 1 saturated heterocycles. The molecule has 0 aliphatic carbocycles. The molecule has 2 rings (SSSR count). The molecule has 1 heterocycles. The van der Waals surface area contributed by atoms with Crippen LogP contribution < -0.4 is 0 Å². The van der Waals surface area contributed by atoms with Crippen LogP contribution >= 0.6 is 0 Å². The van der Waals surface area contributed by atoms with Crippen molar-refractivity contribution in [2.24, 2.45) is 0 Å². The Morgan fingerprint density at radius 2 is 2.14 bits per heavy atom. The van der Waals surface area contributed by atoms with Crippen LogP contribution in [-0.2, 0) is 4.74 Å². The lowest BCUT2D eigenvalue weighted by Crippen LogP contribution is -2.48. The summed E-state index contributed by atoms with van der Waals surface area (Å²) in [4.78, 5) is 23.9. The number of carbonyl (C=O) groups excluding carboxylic acids is 1. The van der Waals surface area contributed by atoms with E-state index in [1.807, 2.05) is 6.92 Å². The van der Waals surface area contributed by atoms with E-state index < -0.39 is 33.7 Å². The summed E-state index contributed by atoms with van der Waals surface area (Å²) >= 11 is 0. The number of amides is 1. The number of rotatable bonds is 3. The Balaban J connectivity index is 2.42. The van der Waals surface area contributed by atoms with Crippen LogP contribution in [0.25, 0.3) is 0 Å². The van der Waals surface area contributed by atoms with E-state index in [0.717, 1.165) is 0 Å². The van der Waals surface area contributed by atoms with Gasteiger partial charge in [-0.1, -0.05) is 6.92 Å². The highest BCUT2D eigenvalue weighted by molar-refractivity contribution is 5.98. The topological polar surface area (TPSA) is 72.7 Å². The standard InChI is InChI=1S/C13H14F2N2O4/c1-2-8-7-21-4-3-16(8)13(18)9-5-10(14)11(15)6-12(9)17(19)20/h5-6,8H,2-4,7H2,1H3. The van der Waals surface area contributed by atoms with Crippen molar-refractivity contribution in [1.29, 1.82) is 0 Å². The maximum Gasteiger partial charge on any atom is 0.285 e. The number of morpholine rings is 1. The second-order valence-corrected chi connectivity index (χ2v) is 4.68. The number of hydrogen-bond donors (Lipinski definition) is 0. The number of hydrogen-bond acceptors (Lipinski definition) is 4. The molecule has 1 unspecified atom stereocenters. The van der Waals surface area contributed by atoms with Gasteiger partial charge in [0.05, 0.1) is 30.2 Å². The average molecular weight is 300 g/mol. The summed E-state index contributed by atoms with van der Waals surface area (Å²) in [5.41, 5.74) is -1.18. The van der Waals surface area contributed by atoms with Gasteiger partial charge < -0.3 is 9.64 Å². The minimum atomic E-state index is -1.35. The molecule has 0 N–H and O–H groups in total. The van der Waals surface area contributed by atoms with E-state index in [0.29, 0.717) is 31.8 Å². The summed E-state index contributed by atoms with van der Waals surface area (Å²) in [5.74, 6) is -3.33. The van der Waals surface area contributed by atoms with E-state index in [-0.39, 0.29) is 12.6 Å². The monoisotopic (exact) mass is 300 g/mol. The number of halogens is 2. The van der Waals surface area contributed by atoms with Crippen molar-refractivity contribution in [2.45, 2.75) is 19.4 Å². The first kappa shape index (κ1) is 15.3. The van der Waals surface area contributed by atoms with Gasteiger partial charge in [-0.05, 0) is 12.5 Å². The summed E-state index contributed by atoms with van der Waals surface area (Å²) in [5, 5.41) is 10.9. The first-order valence-corrected chi connectivity index (χ1v) is 6.47. The predicted octanol–water partition coefficient (Wildman–Crippen LogP) is 2.12. The molecule has 0 bridgehead atoms. The third-order valence-corrected chi connectivity index (χ3v) is 3.43. The van der Waals surface area contributed by atoms with Gasteiger partial charge in [-0.25, -0.2) is 8.78 Å². The lowest BCUT2D eigenvalue weighted by atomic mass is 10.1. The molecule has 114 valence electrons. The molecule has 1 aliphatic heterocycles. The SMILES string of the molecule is CCC1COCCN1C(=O)c1cc(F)c(F)cc1[N+](=O)[O-]. The third-order valence-electron chi connectivity index (χ3n) is 3.43. The number of carbonyl (C=O) groups is 1. The van der Waals surface area contributed by atoms with Crippen LogP contribution in [0.5, 0.6) is 0 Å². The zero-order valence-electron chi connectivity index (χ0n) is 11.3. The Morgan fingerprint density at radius 1 is 1.48 bits per heavy atom. The molecule has 6 nitrogen and oxygen atoms in total. The Morgan fingerprint density at radius 3 is 2.76 bits per heavy atom. The van der Waals surface area contributed by atoms with Crippen LogP contribution in [0.15, 0.2) is 12.1 Å². The van der Waals surface area contributed by atoms with Gasteiger partial charge >= 0.3 is 0 Å². The fourth-order valence-corrected chi connectivity index (χ4v) is 2.27. The van der Waals surface area contributed by atoms with Crippen molar-refractivity contribution in [3.8, 4) is 0 Å². The molecule has 1 amide bonds. The highest BCUT2D eigenvalue weighted by atomic mass is 19.2. The molecule has 0 saturated carbocycles. The van der Waals surface area contributed by atoms with Gasteiger partial charge in [0, 0.05) is 6.54 Å². The predicted molar refractivity (Wildman–Crippen MR) is 68.9 cm³/mol. The maximum absolute atomic E-state index is 13.3. The van der Waals surface area contributed by atoms with Crippen LogP contribution in [0.3, 0.4) is 0 Å². The second-order valence-electron chi connectivity index (χ2n) is 4.68. The van der Waals surface area contributed by atoms with Crippen molar-refractivity contribution < 1.29 is 23.2 Å². The summed E-state index contributed by atoms with van der Waals surface area (Å²) in [6.07, 6.45) is 0.600. The van der Waals surface area contributed by atoms with Gasteiger partial charge in [-0.15, -0.1) is 0 Å². The molecule has 1 aliphatic rings. The van der Waals surface area contributed by atoms with E-state index in [9.17, 15) is 23.7 Å². The molecule has 1 atom stereocenters. The number of nitrogens with zero attached hydrogens (tertiary/aromatic N) is 2. The van der Waals surface area contributed by atoms with Crippen molar-refractivity contribution >= 4 is 11.6 Å². The molecule has 8 heteroatoms. The quantitative estimate of drug-likeness (QED) is 0.633. The average Bonchev–Trinajstić information content (AvgIpc) is 2.48. The van der Waals surface area contributed by atoms with Crippen LogP contribution in [0.4, 0.5) is 14.5 Å². The Hall–Kier alpha value is -2.09. The lowest BCUT2D eigenvalue weighted by Gasteiger charge is -2.35. The van der Waals surface area contributed by atoms with Gasteiger partial charge in [0.1, 0.15) is 5.56 Å². The lowest BCUT2D eigenvalue weighted by molar-refractivity contribution is -0.385. The minimum Gasteiger partial charge on any atom is -0.377 e. The van der Waals surface area contributed by atoms with Crippen LogP contribution in [0.1, 0.15) is 23.7 Å². The van der Waals surface area contributed by atoms with Crippen molar-refractivity contribution in [3.63, 3.8) is 0 Å². The molecule has 0 radical (unpaired) electrons. The second kappa shape index (κ2) is 6.13. The molecule has 1 aromatic rings. The Kier molecular flexibility index (Phi) is 4.46. The fraction of sp³-hybridized carbons (Fsp3) is 0.462. The zero-order chi connectivity index (χ0) is 15.6. The maximum atomic E-state index is 13.3. The number of nitro groups is 1. The molecule has 21 heavy (non-hydrogen) atoms. The zero-order valence-corrected chi connectivity index (χ0v) is 11.3. The molecular formula is C13H14F2N2O4. The van der Waals surface area contributed by atoms with Crippen LogP contribution in [0.2, 0.25) is 0 Å². The van der Waals surface area contributed by atoms with E-state index >= 15 is 0 Å². The van der Waals surface area contributed by atoms with Crippen LogP contribution in [0, 0.1) is 21.7 Å². The van der Waals surface area contributed by atoms with Gasteiger partial charge in [-0.3, -0.25) is 14.9 Å². The molecule has 1 aromatic carbocycles. The van der Waals surface area contributed by atoms with Crippen molar-refractivity contribution in [3.05, 3.63) is 39.4 Å². The normalized spacial score (nSPS) is 18.6. The summed E-state index contributed by atoms with van der Waals surface area (Å²) in [6, 6.07) is 0.779. The third kappa shape index (κ3) is 2.99. The van der Waals surface area contributed by atoms with Gasteiger partial charge in [0.2, 0.25) is 0 Å². The van der Waals surface area contributed by atoms with Crippen molar-refractivity contribution in [1.82, 2.24) is 4.90 Å². The van der Waals surface area contributed by atoms with Gasteiger partial charge in [0.25, 0.3) is 11.6 Å². The Bertz CT molecular complexity index is 580. The minimum absolute atomic E-state index is 0.237. The van der Waals surface area contributed by atoms with E-state index in [4.69, 9.17) is 4.74 Å². The largest absolute Gasteiger partial charge is 0.377 e. The number of ether oxygens (including phenoxy) is 1. The van der Waals surface area contributed by atoms with Crippen molar-refractivity contribution in [2.75, 3.05) is 19.8 Å². The van der Waals surface area contributed by atoms with E-state index in [1.165, 1.54) is 4.90 Å². The van der Waals surface area contributed by atoms with Gasteiger partial charge in [-0.2, -0.15) is 0 Å². The summed E-state index contributed by atoms with van der Waals surface area (Å²) in [7, 11) is 0. The molecular weight excluding hydrogens is 286 g/mol. The van der Waals surface area contributed by atoms with E-state index in [1.54, 1.807) is 0 Å². The number of nitro benzene ring substituents is 1. The first-order chi connectivity index (χ1) is 9.95. The highest BCUT2D eigenvalue weighted by Gasteiger charge is 2.32. The summed E-state index contributed by atoms with van der Waals surface area (Å²) < 4.78 is 31.7. The smallest absolute Gasteiger partial charge is 0.285 e. The van der Waals surface area contributed by atoms with Gasteiger partial charge in [0.15, 0.2) is 11.6 Å². The molecule has 0 aromatic heterocycles. The Labute approximate surface area is 119 Å². The fourth-order valence-electron chi connectivity index (χ4n) is 2.27.